The summed E-state index contributed by atoms with van der Waals surface area (Å²) in [6, 6.07) is 10.1. The molecule has 4 heteroatoms. The Morgan fingerprint density at radius 3 is 2.83 bits per heavy atom. The molecule has 92 valence electrons. The zero-order valence-electron chi connectivity index (χ0n) is 10.1. The normalized spacial score (nSPS) is 18.7. The summed E-state index contributed by atoms with van der Waals surface area (Å²) in [5.41, 5.74) is 2.21. The van der Waals surface area contributed by atoms with Crippen molar-refractivity contribution in [3.05, 3.63) is 46.6 Å². The summed E-state index contributed by atoms with van der Waals surface area (Å²) in [7, 11) is 0. The third kappa shape index (κ3) is 2.52. The van der Waals surface area contributed by atoms with Gasteiger partial charge in [-0.1, -0.05) is 48.0 Å². The van der Waals surface area contributed by atoms with E-state index < -0.39 is 0 Å². The van der Waals surface area contributed by atoms with Crippen molar-refractivity contribution in [2.45, 2.75) is 18.8 Å². The maximum Gasteiger partial charge on any atom is 0.211 e. The van der Waals surface area contributed by atoms with Gasteiger partial charge in [-0.05, 0) is 12.5 Å². The lowest BCUT2D eigenvalue weighted by Crippen LogP contribution is -2.25. The molecule has 1 aromatic carbocycles. The SMILES string of the molecule is C#CC1SC(NC=O)=C(C)N1Cc1ccccc1. The van der Waals surface area contributed by atoms with Crippen molar-refractivity contribution < 1.29 is 4.79 Å². The van der Waals surface area contributed by atoms with Crippen molar-refractivity contribution in [3.8, 4) is 12.3 Å². The van der Waals surface area contributed by atoms with Crippen LogP contribution in [0.2, 0.25) is 0 Å². The molecule has 1 aliphatic rings. The van der Waals surface area contributed by atoms with E-state index in [0.29, 0.717) is 6.41 Å². The number of hydrogen-bond acceptors (Lipinski definition) is 3. The van der Waals surface area contributed by atoms with Crippen LogP contribution in [0.5, 0.6) is 0 Å². The largest absolute Gasteiger partial charge is 0.346 e. The Morgan fingerprint density at radius 1 is 1.50 bits per heavy atom. The Balaban J connectivity index is 2.19. The molecule has 1 heterocycles. The Bertz CT molecular complexity index is 504. The molecule has 1 N–H and O–H groups in total. The quantitative estimate of drug-likeness (QED) is 0.663. The molecule has 0 spiro atoms. The van der Waals surface area contributed by atoms with E-state index in [2.05, 4.69) is 28.3 Å². The predicted octanol–water partition coefficient (Wildman–Crippen LogP) is 2.13. The number of allylic oxidation sites excluding steroid dienone is 1. The van der Waals surface area contributed by atoms with Crippen molar-refractivity contribution in [1.82, 2.24) is 10.2 Å². The van der Waals surface area contributed by atoms with Gasteiger partial charge in [0.2, 0.25) is 6.41 Å². The highest BCUT2D eigenvalue weighted by Gasteiger charge is 2.28. The van der Waals surface area contributed by atoms with Gasteiger partial charge >= 0.3 is 0 Å². The lowest BCUT2D eigenvalue weighted by molar-refractivity contribution is -0.108. The number of nitrogens with zero attached hydrogens (tertiary/aromatic N) is 1. The summed E-state index contributed by atoms with van der Waals surface area (Å²) in [5.74, 6) is 2.74. The average molecular weight is 258 g/mol. The highest BCUT2D eigenvalue weighted by atomic mass is 32.2. The molecule has 18 heavy (non-hydrogen) atoms. The van der Waals surface area contributed by atoms with Crippen molar-refractivity contribution in [3.63, 3.8) is 0 Å². The van der Waals surface area contributed by atoms with Crippen LogP contribution in [0.4, 0.5) is 0 Å². The minimum absolute atomic E-state index is 0.0624. The first-order valence-electron chi connectivity index (χ1n) is 5.60. The Labute approximate surface area is 111 Å². The lowest BCUT2D eigenvalue weighted by atomic mass is 10.2. The number of thioether (sulfide) groups is 1. The second-order valence-electron chi connectivity index (χ2n) is 3.93. The fourth-order valence-corrected chi connectivity index (χ4v) is 2.92. The van der Waals surface area contributed by atoms with Crippen LogP contribution in [0.25, 0.3) is 0 Å². The molecule has 0 fully saturated rings. The summed E-state index contributed by atoms with van der Waals surface area (Å²) in [6.07, 6.45) is 6.23. The van der Waals surface area contributed by atoms with Gasteiger partial charge in [-0.3, -0.25) is 4.79 Å². The molecule has 0 saturated carbocycles. The van der Waals surface area contributed by atoms with Gasteiger partial charge in [0.05, 0.1) is 5.03 Å². The first-order valence-corrected chi connectivity index (χ1v) is 6.48. The topological polar surface area (TPSA) is 32.3 Å². The predicted molar refractivity (Wildman–Crippen MR) is 74.1 cm³/mol. The van der Waals surface area contributed by atoms with Gasteiger partial charge in [-0.15, -0.1) is 6.42 Å². The summed E-state index contributed by atoms with van der Waals surface area (Å²) >= 11 is 1.50. The van der Waals surface area contributed by atoms with Crippen LogP contribution in [0, 0.1) is 12.3 Å². The van der Waals surface area contributed by atoms with Crippen molar-refractivity contribution >= 4 is 18.2 Å². The number of carbonyl (C=O) groups is 1. The Morgan fingerprint density at radius 2 is 2.22 bits per heavy atom. The van der Waals surface area contributed by atoms with Gasteiger partial charge < -0.3 is 10.2 Å². The smallest absolute Gasteiger partial charge is 0.211 e. The summed E-state index contributed by atoms with van der Waals surface area (Å²) < 4.78 is 0. The average Bonchev–Trinajstić information content (AvgIpc) is 2.69. The van der Waals surface area contributed by atoms with Gasteiger partial charge in [0.1, 0.15) is 5.37 Å². The van der Waals surface area contributed by atoms with Gasteiger partial charge in [-0.2, -0.15) is 0 Å². The van der Waals surface area contributed by atoms with Crippen LogP contribution >= 0.6 is 11.8 Å². The number of benzene rings is 1. The number of amides is 1. The van der Waals surface area contributed by atoms with Gasteiger partial charge in [0.15, 0.2) is 0 Å². The molecule has 3 nitrogen and oxygen atoms in total. The summed E-state index contributed by atoms with van der Waals surface area (Å²) in [4.78, 5) is 12.7. The van der Waals surface area contributed by atoms with E-state index >= 15 is 0 Å². The standard InChI is InChI=1S/C14H14N2OS/c1-3-13-16(9-12-7-5-4-6-8-12)11(2)14(18-13)15-10-17/h1,4-8,10,13H,9H2,2H3,(H,15,17). The molecule has 1 amide bonds. The van der Waals surface area contributed by atoms with Crippen molar-refractivity contribution in [2.24, 2.45) is 0 Å². The van der Waals surface area contributed by atoms with E-state index in [0.717, 1.165) is 17.3 Å². The Hall–Kier alpha value is -1.86. The minimum atomic E-state index is -0.0624. The fourth-order valence-electron chi connectivity index (χ4n) is 1.86. The second-order valence-corrected chi connectivity index (χ2v) is 5.02. The highest BCUT2D eigenvalue weighted by molar-refractivity contribution is 8.04. The van der Waals surface area contributed by atoms with Crippen LogP contribution in [0.15, 0.2) is 41.1 Å². The van der Waals surface area contributed by atoms with Crippen molar-refractivity contribution in [2.75, 3.05) is 0 Å². The molecule has 1 aromatic rings. The van der Waals surface area contributed by atoms with Crippen LogP contribution < -0.4 is 5.32 Å². The zero-order chi connectivity index (χ0) is 13.0. The molecule has 1 unspecified atom stereocenters. The number of nitrogens with one attached hydrogen (secondary N) is 1. The molecule has 0 radical (unpaired) electrons. The molecular weight excluding hydrogens is 244 g/mol. The molecule has 2 rings (SSSR count). The number of terminal acetylenes is 1. The summed E-state index contributed by atoms with van der Waals surface area (Å²) in [6.45, 7) is 2.72. The summed E-state index contributed by atoms with van der Waals surface area (Å²) in [5, 5.41) is 3.47. The van der Waals surface area contributed by atoms with Crippen LogP contribution in [0.3, 0.4) is 0 Å². The third-order valence-electron chi connectivity index (χ3n) is 2.80. The van der Waals surface area contributed by atoms with Gasteiger partial charge in [0.25, 0.3) is 0 Å². The van der Waals surface area contributed by atoms with E-state index in [9.17, 15) is 4.79 Å². The maximum atomic E-state index is 10.5. The number of carbonyl (C=O) groups excluding carboxylic acids is 1. The maximum absolute atomic E-state index is 10.5. The molecule has 0 aromatic heterocycles. The van der Waals surface area contributed by atoms with Crippen molar-refractivity contribution in [1.29, 1.82) is 0 Å². The first kappa shape index (κ1) is 12.6. The molecule has 1 aliphatic heterocycles. The molecule has 0 aliphatic carbocycles. The van der Waals surface area contributed by atoms with E-state index in [1.54, 1.807) is 0 Å². The zero-order valence-corrected chi connectivity index (χ0v) is 10.9. The van der Waals surface area contributed by atoms with Crippen LogP contribution in [-0.2, 0) is 11.3 Å². The van der Waals surface area contributed by atoms with Crippen LogP contribution in [0.1, 0.15) is 12.5 Å². The monoisotopic (exact) mass is 258 g/mol. The van der Waals surface area contributed by atoms with E-state index in [1.807, 2.05) is 25.1 Å². The van der Waals surface area contributed by atoms with Gasteiger partial charge in [-0.25, -0.2) is 0 Å². The minimum Gasteiger partial charge on any atom is -0.346 e. The fraction of sp³-hybridized carbons (Fsp3) is 0.214. The number of rotatable bonds is 4. The number of hydrogen-bond donors (Lipinski definition) is 1. The molecule has 0 saturated heterocycles. The first-order chi connectivity index (χ1) is 8.76. The molecule has 1 atom stereocenters. The van der Waals surface area contributed by atoms with Gasteiger partial charge in [0, 0.05) is 12.2 Å². The van der Waals surface area contributed by atoms with E-state index in [1.165, 1.54) is 17.3 Å². The molecular formula is C14H14N2OS. The Kier molecular flexibility index (Phi) is 3.96. The van der Waals surface area contributed by atoms with E-state index in [4.69, 9.17) is 6.42 Å². The third-order valence-corrected chi connectivity index (χ3v) is 4.06. The highest BCUT2D eigenvalue weighted by Crippen LogP contribution is 2.36. The second kappa shape index (κ2) is 5.65. The molecule has 0 bridgehead atoms. The van der Waals surface area contributed by atoms with E-state index in [-0.39, 0.29) is 5.37 Å². The lowest BCUT2D eigenvalue weighted by Gasteiger charge is -2.23. The van der Waals surface area contributed by atoms with Crippen LogP contribution in [-0.4, -0.2) is 16.7 Å².